The molecule has 14 nitrogen and oxygen atoms in total. The Morgan fingerprint density at radius 2 is 2.16 bits per heavy atom. The van der Waals surface area contributed by atoms with Gasteiger partial charge in [0.15, 0.2) is 23.7 Å². The highest BCUT2D eigenvalue weighted by Crippen LogP contribution is 2.44. The molecule has 0 bridgehead atoms. The number of ether oxygens (including phenoxy) is 1. The summed E-state index contributed by atoms with van der Waals surface area (Å²) in [7, 11) is -4.91. The predicted octanol–water partition coefficient (Wildman–Crippen LogP) is -5.41. The fourth-order valence-corrected chi connectivity index (χ4v) is 3.58. The molecule has 1 fully saturated rings. The Kier molecular flexibility index (Phi) is 3.71. The van der Waals surface area contributed by atoms with Gasteiger partial charge < -0.3 is 41.7 Å². The van der Waals surface area contributed by atoms with E-state index in [1.807, 2.05) is 0 Å². The average Bonchev–Trinajstić information content (AvgIpc) is 2.93. The first-order valence-electron chi connectivity index (χ1n) is 7.00. The van der Waals surface area contributed by atoms with Crippen LogP contribution in [0, 0.1) is 0 Å². The van der Waals surface area contributed by atoms with Crippen molar-refractivity contribution < 1.29 is 33.0 Å². The van der Waals surface area contributed by atoms with Crippen molar-refractivity contribution in [2.45, 2.75) is 30.0 Å². The Morgan fingerprint density at radius 1 is 1.48 bits per heavy atom. The molecule has 25 heavy (non-hydrogen) atoms. The molecule has 3 heterocycles. The van der Waals surface area contributed by atoms with Gasteiger partial charge in [0.2, 0.25) is 5.79 Å². The molecule has 0 aromatic carbocycles. The van der Waals surface area contributed by atoms with Gasteiger partial charge in [0, 0.05) is 19.6 Å². The van der Waals surface area contributed by atoms with E-state index in [9.17, 15) is 23.7 Å². The van der Waals surface area contributed by atoms with E-state index in [1.54, 1.807) is 0 Å². The number of aliphatic imine (C=N–C) groups is 2. The number of nitrogens with zero attached hydrogens (tertiary/aromatic N) is 4. The van der Waals surface area contributed by atoms with Crippen molar-refractivity contribution >= 4 is 28.3 Å². The minimum absolute atomic E-state index is 0.0635. The number of guanidine groups is 2. The summed E-state index contributed by atoms with van der Waals surface area (Å²) in [6.45, 7) is -0.368. The van der Waals surface area contributed by atoms with E-state index >= 15 is 0 Å². The third-order valence-corrected chi connectivity index (χ3v) is 4.63. The second kappa shape index (κ2) is 5.32. The van der Waals surface area contributed by atoms with E-state index < -0.39 is 46.5 Å². The van der Waals surface area contributed by atoms with Crippen LogP contribution in [0.1, 0.15) is 6.42 Å². The van der Waals surface area contributed by atoms with Crippen LogP contribution in [0.15, 0.2) is 14.4 Å². The van der Waals surface area contributed by atoms with E-state index in [0.717, 1.165) is 0 Å². The topological polar surface area (TPSA) is 232 Å². The third-order valence-electron chi connectivity index (χ3n) is 4.25. The molecule has 8 N–H and O–H groups in total. The summed E-state index contributed by atoms with van der Waals surface area (Å²) in [6, 6.07) is -1.99. The number of hydrogen-bond donors (Lipinski definition) is 6. The smallest absolute Gasteiger partial charge is 0.380 e. The summed E-state index contributed by atoms with van der Waals surface area (Å²) in [5.74, 6) is -2.41. The number of nitrogens with two attached hydrogens (primary N) is 2. The van der Waals surface area contributed by atoms with Gasteiger partial charge in [-0.2, -0.15) is 8.42 Å². The first-order valence-corrected chi connectivity index (χ1v) is 8.40. The number of rotatable bonds is 3. The van der Waals surface area contributed by atoms with E-state index in [4.69, 9.17) is 16.0 Å². The number of nitrogens with one attached hydrogen (secondary N) is 1. The summed E-state index contributed by atoms with van der Waals surface area (Å²) < 4.78 is 36.6. The van der Waals surface area contributed by atoms with Gasteiger partial charge in [0.05, 0.1) is 6.04 Å². The van der Waals surface area contributed by atoms with Crippen molar-refractivity contribution in [3.8, 4) is 0 Å². The lowest BCUT2D eigenvalue weighted by atomic mass is 9.87. The second-order valence-electron chi connectivity index (χ2n) is 5.74. The van der Waals surface area contributed by atoms with Crippen LogP contribution < -0.4 is 21.9 Å². The first-order chi connectivity index (χ1) is 11.5. The summed E-state index contributed by atoms with van der Waals surface area (Å²) in [5.41, 5.74) is 9.93. The molecular formula is C10H16N7O7S-. The minimum Gasteiger partial charge on any atom is -0.597 e. The summed E-state index contributed by atoms with van der Waals surface area (Å²) >= 11 is 0. The molecule has 0 unspecified atom stereocenters. The Labute approximate surface area is 141 Å². The second-order valence-corrected chi connectivity index (χ2v) is 6.82. The molecule has 3 aliphatic heterocycles. The van der Waals surface area contributed by atoms with E-state index in [-0.39, 0.29) is 24.9 Å². The van der Waals surface area contributed by atoms with Crippen molar-refractivity contribution in [1.29, 1.82) is 0 Å². The van der Waals surface area contributed by atoms with Crippen molar-refractivity contribution in [2.75, 3.05) is 13.2 Å². The van der Waals surface area contributed by atoms with Gasteiger partial charge in [0.25, 0.3) is 0 Å². The molecule has 0 aromatic rings. The molecule has 1 saturated heterocycles. The van der Waals surface area contributed by atoms with Gasteiger partial charge in [-0.15, -0.1) is 4.40 Å². The van der Waals surface area contributed by atoms with Crippen molar-refractivity contribution in [1.82, 2.24) is 10.2 Å². The lowest BCUT2D eigenvalue weighted by molar-refractivity contribution is -0.251. The molecule has 0 aromatic heterocycles. The van der Waals surface area contributed by atoms with Crippen molar-refractivity contribution in [3.63, 3.8) is 0 Å². The van der Waals surface area contributed by atoms with Crippen LogP contribution in [-0.4, -0.2) is 82.8 Å². The maximum absolute atomic E-state index is 11.3. The molecular weight excluding hydrogens is 362 g/mol. The zero-order valence-corrected chi connectivity index (χ0v) is 13.4. The van der Waals surface area contributed by atoms with Crippen molar-refractivity contribution in [3.05, 3.63) is 0 Å². The fraction of sp³-hybridized carbons (Fsp3) is 0.700. The maximum Gasteiger partial charge on any atom is 0.380 e. The molecule has 3 atom stereocenters. The first kappa shape index (κ1) is 17.5. The lowest BCUT2D eigenvalue weighted by Gasteiger charge is -2.49. The Morgan fingerprint density at radius 3 is 2.80 bits per heavy atom. The van der Waals surface area contributed by atoms with E-state index in [2.05, 4.69) is 24.4 Å². The minimum atomic E-state index is -4.91. The highest BCUT2D eigenvalue weighted by molar-refractivity contribution is 7.84. The van der Waals surface area contributed by atoms with E-state index in [1.165, 1.54) is 4.90 Å². The van der Waals surface area contributed by atoms with E-state index in [0.29, 0.717) is 0 Å². The van der Waals surface area contributed by atoms with Crippen LogP contribution in [0.3, 0.4) is 0 Å². The van der Waals surface area contributed by atoms with Crippen LogP contribution in [0.4, 0.5) is 0 Å². The molecule has 0 radical (unpaired) electrons. The van der Waals surface area contributed by atoms with Crippen LogP contribution in [0.25, 0.3) is 0 Å². The largest absolute Gasteiger partial charge is 0.597 e. The summed E-state index contributed by atoms with van der Waals surface area (Å²) in [4.78, 5) is 9.58. The molecule has 0 amide bonds. The maximum atomic E-state index is 11.3. The Bertz CT molecular complexity index is 778. The predicted molar refractivity (Wildman–Crippen MR) is 80.1 cm³/mol. The van der Waals surface area contributed by atoms with Gasteiger partial charge in [0.1, 0.15) is 6.04 Å². The highest BCUT2D eigenvalue weighted by Gasteiger charge is 2.69. The Hall–Kier alpha value is -2.36. The summed E-state index contributed by atoms with van der Waals surface area (Å²) in [6.07, 6.45) is -1.64. The van der Waals surface area contributed by atoms with Crippen LogP contribution in [0.5, 0.6) is 0 Å². The van der Waals surface area contributed by atoms with Crippen LogP contribution in [0.2, 0.25) is 0 Å². The molecule has 3 rings (SSSR count). The average molecular weight is 378 g/mol. The lowest BCUT2D eigenvalue weighted by Crippen LogP contribution is -2.76. The molecule has 1 spiro atoms. The Balaban J connectivity index is 1.90. The number of aliphatic hydroxyl groups is 2. The summed E-state index contributed by atoms with van der Waals surface area (Å²) in [5, 5.41) is 34.8. The zero-order valence-electron chi connectivity index (χ0n) is 12.6. The monoisotopic (exact) mass is 378 g/mol. The molecule has 3 aliphatic rings. The van der Waals surface area contributed by atoms with Crippen LogP contribution >= 0.6 is 0 Å². The van der Waals surface area contributed by atoms with Gasteiger partial charge in [-0.25, -0.2) is 9.98 Å². The number of hydrogen-bond acceptors (Lipinski definition) is 12. The van der Waals surface area contributed by atoms with Gasteiger partial charge in [-0.05, 0) is 0 Å². The molecule has 0 saturated carbocycles. The van der Waals surface area contributed by atoms with Crippen molar-refractivity contribution in [2.24, 2.45) is 25.8 Å². The fourth-order valence-electron chi connectivity index (χ4n) is 3.34. The quantitative estimate of drug-likeness (QED) is 0.117. The van der Waals surface area contributed by atoms with Gasteiger partial charge >= 0.3 is 10.3 Å². The standard InChI is InChI=1S/C10H17N7O7S/c11-6-14-5-4(3-24-8(18)16-25(21,22)23)13-7(12)17-2-1-9(19,20)10(5,17)15-6/h4-5,19-20H,1-3H2,(H2,12,13)(H,16,18)(H3,11,14,15)(H,21,22,23)/p-1/t4-,5-,10-/m0/s1. The molecule has 140 valence electrons. The highest BCUT2D eigenvalue weighted by atomic mass is 32.2. The third kappa shape index (κ3) is 2.70. The van der Waals surface area contributed by atoms with Crippen LogP contribution in [-0.2, 0) is 15.0 Å². The zero-order chi connectivity index (χ0) is 18.6. The normalized spacial score (nSPS) is 33.9. The van der Waals surface area contributed by atoms with Gasteiger partial charge in [-0.1, -0.05) is 0 Å². The SMILES string of the molecule is NC1=N[C@H]2[C@H](COC([O-])=NS(=O)(=O)O)N=C(N)N3CCC(O)(O)[C@]23N1. The van der Waals surface area contributed by atoms with Gasteiger partial charge in [-0.3, -0.25) is 4.55 Å². The molecule has 15 heteroatoms. The molecule has 0 aliphatic carbocycles.